The van der Waals surface area contributed by atoms with E-state index in [1.165, 1.54) is 5.56 Å². The Morgan fingerprint density at radius 3 is 1.87 bits per heavy atom. The summed E-state index contributed by atoms with van der Waals surface area (Å²) in [4.78, 5) is 0.899. The zero-order valence-electron chi connectivity index (χ0n) is 22.1. The second-order valence-electron chi connectivity index (χ2n) is 11.9. The van der Waals surface area contributed by atoms with Crippen LogP contribution in [0.25, 0.3) is 0 Å². The maximum Gasteiger partial charge on any atom is 0.192 e. The van der Waals surface area contributed by atoms with Crippen LogP contribution < -0.4 is 0 Å². The average molecular weight is 485 g/mol. The van der Waals surface area contributed by atoms with E-state index in [9.17, 15) is 4.21 Å². The van der Waals surface area contributed by atoms with E-state index in [4.69, 9.17) is 8.85 Å². The fraction of sp³-hybridized carbons (Fsp3) is 0.760. The summed E-state index contributed by atoms with van der Waals surface area (Å²) in [6, 6.07) is 8.05. The highest BCUT2D eigenvalue weighted by Crippen LogP contribution is 2.38. The minimum absolute atomic E-state index is 0.0240. The number of rotatable bonds is 11. The van der Waals surface area contributed by atoms with Crippen LogP contribution >= 0.6 is 0 Å². The van der Waals surface area contributed by atoms with Crippen molar-refractivity contribution in [2.24, 2.45) is 0 Å². The van der Waals surface area contributed by atoms with Crippen molar-refractivity contribution in [2.45, 2.75) is 115 Å². The van der Waals surface area contributed by atoms with Gasteiger partial charge in [0.2, 0.25) is 0 Å². The predicted molar refractivity (Wildman–Crippen MR) is 142 cm³/mol. The van der Waals surface area contributed by atoms with Gasteiger partial charge in [0, 0.05) is 11.5 Å². The van der Waals surface area contributed by atoms with Crippen molar-refractivity contribution in [3.05, 3.63) is 29.8 Å². The molecule has 0 heterocycles. The summed E-state index contributed by atoms with van der Waals surface area (Å²) in [5, 5.41) is 0.383. The summed E-state index contributed by atoms with van der Waals surface area (Å²) >= 11 is 0. The molecule has 2 atom stereocenters. The Morgan fingerprint density at radius 2 is 1.39 bits per heavy atom. The Labute approximate surface area is 197 Å². The molecule has 0 aliphatic heterocycles. The highest BCUT2D eigenvalue weighted by molar-refractivity contribution is 7.85. The molecule has 0 fully saturated rings. The highest BCUT2D eigenvalue weighted by Gasteiger charge is 2.39. The summed E-state index contributed by atoms with van der Waals surface area (Å²) in [5.74, 6) is 0.568. The van der Waals surface area contributed by atoms with Crippen molar-refractivity contribution < 1.29 is 13.1 Å². The second-order valence-corrected chi connectivity index (χ2v) is 23.0. The lowest BCUT2D eigenvalue weighted by Gasteiger charge is -2.39. The van der Waals surface area contributed by atoms with Gasteiger partial charge in [0.05, 0.1) is 22.7 Å². The van der Waals surface area contributed by atoms with Crippen LogP contribution in [0, 0.1) is 6.92 Å². The van der Waals surface area contributed by atoms with E-state index >= 15 is 0 Å². The molecule has 0 aliphatic carbocycles. The van der Waals surface area contributed by atoms with Crippen LogP contribution in [-0.4, -0.2) is 39.3 Å². The third kappa shape index (κ3) is 9.24. The molecule has 0 spiro atoms. The van der Waals surface area contributed by atoms with Crippen LogP contribution in [0.15, 0.2) is 29.2 Å². The van der Waals surface area contributed by atoms with Gasteiger partial charge in [-0.15, -0.1) is 0 Å². The Morgan fingerprint density at radius 1 is 0.871 bits per heavy atom. The minimum Gasteiger partial charge on any atom is -0.417 e. The fourth-order valence-electron chi connectivity index (χ4n) is 2.74. The third-order valence-corrected chi connectivity index (χ3v) is 17.6. The van der Waals surface area contributed by atoms with Gasteiger partial charge in [-0.1, -0.05) is 59.2 Å². The van der Waals surface area contributed by atoms with Crippen LogP contribution in [0.2, 0.25) is 36.3 Å². The molecule has 0 unspecified atom stereocenters. The number of benzene rings is 1. The number of unbranched alkanes of at least 4 members (excludes halogenated alkanes) is 1. The lowest BCUT2D eigenvalue weighted by atomic mass is 10.2. The largest absolute Gasteiger partial charge is 0.417 e. The number of aryl methyl sites for hydroxylation is 1. The molecular formula is C25H48O3SSi2. The molecule has 6 heteroatoms. The van der Waals surface area contributed by atoms with Crippen LogP contribution in [0.5, 0.6) is 0 Å². The molecule has 3 nitrogen and oxygen atoms in total. The smallest absolute Gasteiger partial charge is 0.192 e. The lowest BCUT2D eigenvalue weighted by Crippen LogP contribution is -2.45. The van der Waals surface area contributed by atoms with E-state index in [1.54, 1.807) is 0 Å². The van der Waals surface area contributed by atoms with E-state index in [0.717, 1.165) is 30.8 Å². The van der Waals surface area contributed by atoms with E-state index in [0.29, 0.717) is 5.75 Å². The summed E-state index contributed by atoms with van der Waals surface area (Å²) in [7, 11) is -4.66. The highest BCUT2D eigenvalue weighted by atomic mass is 32.2. The quantitative estimate of drug-likeness (QED) is 0.238. The first-order valence-electron chi connectivity index (χ1n) is 11.7. The molecule has 1 aromatic carbocycles. The molecule has 31 heavy (non-hydrogen) atoms. The topological polar surface area (TPSA) is 35.5 Å². The monoisotopic (exact) mass is 484 g/mol. The van der Waals surface area contributed by atoms with Crippen molar-refractivity contribution in [1.82, 2.24) is 0 Å². The molecule has 0 N–H and O–H groups in total. The Bertz CT molecular complexity index is 701. The molecule has 1 aromatic rings. The lowest BCUT2D eigenvalue weighted by molar-refractivity contribution is 0.184. The average Bonchev–Trinajstić information content (AvgIpc) is 2.59. The van der Waals surface area contributed by atoms with Crippen molar-refractivity contribution in [1.29, 1.82) is 0 Å². The predicted octanol–water partition coefficient (Wildman–Crippen LogP) is 7.69. The first-order chi connectivity index (χ1) is 14.0. The van der Waals surface area contributed by atoms with E-state index < -0.39 is 27.4 Å². The molecule has 1 rings (SSSR count). The van der Waals surface area contributed by atoms with Crippen LogP contribution in [0.3, 0.4) is 0 Å². The van der Waals surface area contributed by atoms with Crippen molar-refractivity contribution in [3.8, 4) is 0 Å². The van der Waals surface area contributed by atoms with Crippen LogP contribution in [-0.2, 0) is 19.7 Å². The first-order valence-corrected chi connectivity index (χ1v) is 18.9. The zero-order valence-corrected chi connectivity index (χ0v) is 24.9. The van der Waals surface area contributed by atoms with Gasteiger partial charge < -0.3 is 8.85 Å². The zero-order chi connectivity index (χ0) is 24.1. The fourth-order valence-corrected chi connectivity index (χ4v) is 6.54. The van der Waals surface area contributed by atoms with Crippen molar-refractivity contribution in [2.75, 3.05) is 12.4 Å². The molecule has 0 aromatic heterocycles. The van der Waals surface area contributed by atoms with Gasteiger partial charge in [0.25, 0.3) is 0 Å². The van der Waals surface area contributed by atoms with Gasteiger partial charge in [-0.3, -0.25) is 4.21 Å². The number of hydrogen-bond donors (Lipinski definition) is 0. The SMILES string of the molecule is Cc1ccc([S@@](=O)C[C@H](CCCCO[Si](C)(C)C(C)(C)C)O[Si](C)(C)C(C)(C)C)cc1. The second kappa shape index (κ2) is 11.2. The maximum absolute atomic E-state index is 13.1. The van der Waals surface area contributed by atoms with Crippen molar-refractivity contribution >= 4 is 27.4 Å². The van der Waals surface area contributed by atoms with Gasteiger partial charge in [-0.2, -0.15) is 0 Å². The van der Waals surface area contributed by atoms with Gasteiger partial charge in [-0.05, 0) is 74.6 Å². The Hall–Kier alpha value is -0.276. The third-order valence-electron chi connectivity index (χ3n) is 7.08. The molecule has 0 saturated heterocycles. The molecule has 0 aliphatic rings. The molecule has 0 saturated carbocycles. The minimum atomic E-state index is -1.93. The van der Waals surface area contributed by atoms with E-state index in [-0.39, 0.29) is 16.2 Å². The standard InChI is InChI=1S/C25H48O3SSi2/c1-21-15-17-23(18-16-21)29(26)20-22(28-31(10,11)25(5,6)7)14-12-13-19-27-30(8,9)24(2,3)4/h15-18,22H,12-14,19-20H2,1-11H3/t22-,29-/m0/s1. The van der Waals surface area contributed by atoms with E-state index in [2.05, 4.69) is 74.7 Å². The molecule has 0 bridgehead atoms. The molecule has 0 amide bonds. The Balaban J connectivity index is 2.75. The van der Waals surface area contributed by atoms with Gasteiger partial charge in [0.1, 0.15) is 0 Å². The summed E-state index contributed by atoms with van der Waals surface area (Å²) in [5.41, 5.74) is 1.19. The molecule has 0 radical (unpaired) electrons. The molecular weight excluding hydrogens is 437 g/mol. The molecule has 180 valence electrons. The maximum atomic E-state index is 13.1. The van der Waals surface area contributed by atoms with Crippen LogP contribution in [0.4, 0.5) is 0 Å². The Kier molecular flexibility index (Phi) is 10.4. The number of hydrogen-bond acceptors (Lipinski definition) is 3. The van der Waals surface area contributed by atoms with E-state index in [1.807, 2.05) is 24.3 Å². The van der Waals surface area contributed by atoms with Gasteiger partial charge >= 0.3 is 0 Å². The van der Waals surface area contributed by atoms with Gasteiger partial charge in [-0.25, -0.2) is 0 Å². The van der Waals surface area contributed by atoms with Gasteiger partial charge in [0.15, 0.2) is 16.6 Å². The van der Waals surface area contributed by atoms with Crippen LogP contribution in [0.1, 0.15) is 66.4 Å². The first kappa shape index (κ1) is 28.8. The normalized spacial score (nSPS) is 15.7. The van der Waals surface area contributed by atoms with Crippen molar-refractivity contribution in [3.63, 3.8) is 0 Å². The summed E-state index contributed by atoms with van der Waals surface area (Å²) in [6.07, 6.45) is 3.03. The summed E-state index contributed by atoms with van der Waals surface area (Å²) in [6.45, 7) is 25.7. The summed E-state index contributed by atoms with van der Waals surface area (Å²) < 4.78 is 26.1.